The third kappa shape index (κ3) is 3.85. The first-order valence-electron chi connectivity index (χ1n) is 4.36. The molecule has 0 fully saturated rings. The van der Waals surface area contributed by atoms with Crippen LogP contribution in [-0.4, -0.2) is 27.5 Å². The maximum Gasteiger partial charge on any atom is 0.321 e. The minimum atomic E-state index is -3.62. The zero-order chi connectivity index (χ0) is 12.2. The zero-order valence-electron chi connectivity index (χ0n) is 8.40. The molecular weight excluding hydrogens is 318 g/mol. The molecular formula is C8H10BrNO4S2. The maximum atomic E-state index is 11.6. The first-order chi connectivity index (χ1) is 7.45. The SMILES string of the molecule is CCOC(=O)CNS(=O)(=O)c1ccc(Br)s1. The third-order valence-electron chi connectivity index (χ3n) is 1.53. The second-order valence-electron chi connectivity index (χ2n) is 2.69. The molecule has 90 valence electrons. The van der Waals surface area contributed by atoms with E-state index in [4.69, 9.17) is 0 Å². The van der Waals surface area contributed by atoms with Crippen LogP contribution in [0.25, 0.3) is 0 Å². The predicted molar refractivity (Wildman–Crippen MR) is 63.8 cm³/mol. The van der Waals surface area contributed by atoms with Crippen molar-refractivity contribution in [3.8, 4) is 0 Å². The van der Waals surface area contributed by atoms with E-state index >= 15 is 0 Å². The van der Waals surface area contributed by atoms with Gasteiger partial charge in [-0.3, -0.25) is 4.79 Å². The van der Waals surface area contributed by atoms with Gasteiger partial charge in [-0.2, -0.15) is 4.72 Å². The fourth-order valence-electron chi connectivity index (χ4n) is 0.879. The van der Waals surface area contributed by atoms with Crippen LogP contribution in [0.1, 0.15) is 6.92 Å². The molecule has 1 aromatic heterocycles. The molecule has 5 nitrogen and oxygen atoms in total. The molecule has 0 saturated carbocycles. The maximum absolute atomic E-state index is 11.6. The Balaban J connectivity index is 2.63. The summed E-state index contributed by atoms with van der Waals surface area (Å²) >= 11 is 4.24. The summed E-state index contributed by atoms with van der Waals surface area (Å²) in [6.45, 7) is 1.53. The van der Waals surface area contributed by atoms with E-state index in [-0.39, 0.29) is 17.4 Å². The zero-order valence-corrected chi connectivity index (χ0v) is 11.6. The van der Waals surface area contributed by atoms with Crippen LogP contribution in [0.5, 0.6) is 0 Å². The van der Waals surface area contributed by atoms with Crippen LogP contribution < -0.4 is 4.72 Å². The summed E-state index contributed by atoms with van der Waals surface area (Å²) in [7, 11) is -3.62. The number of ether oxygens (including phenoxy) is 1. The predicted octanol–water partition coefficient (Wildman–Crippen LogP) is 1.35. The summed E-state index contributed by atoms with van der Waals surface area (Å²) < 4.78 is 30.9. The highest BCUT2D eigenvalue weighted by Gasteiger charge is 2.17. The highest BCUT2D eigenvalue weighted by atomic mass is 79.9. The van der Waals surface area contributed by atoms with Crippen molar-refractivity contribution in [2.45, 2.75) is 11.1 Å². The van der Waals surface area contributed by atoms with Gasteiger partial charge >= 0.3 is 5.97 Å². The second-order valence-corrected chi connectivity index (χ2v) is 7.14. The second kappa shape index (κ2) is 5.76. The summed E-state index contributed by atoms with van der Waals surface area (Å²) in [6.07, 6.45) is 0. The van der Waals surface area contributed by atoms with Crippen LogP contribution in [0.3, 0.4) is 0 Å². The van der Waals surface area contributed by atoms with Crippen molar-refractivity contribution < 1.29 is 17.9 Å². The number of hydrogen-bond acceptors (Lipinski definition) is 5. The molecule has 0 spiro atoms. The third-order valence-corrected chi connectivity index (χ3v) is 5.04. The summed E-state index contributed by atoms with van der Waals surface area (Å²) in [6, 6.07) is 3.09. The normalized spacial score (nSPS) is 11.4. The Morgan fingerprint density at radius 1 is 1.56 bits per heavy atom. The van der Waals surface area contributed by atoms with E-state index in [0.717, 1.165) is 11.3 Å². The van der Waals surface area contributed by atoms with Crippen LogP contribution in [0.15, 0.2) is 20.1 Å². The van der Waals surface area contributed by atoms with Crippen molar-refractivity contribution in [1.82, 2.24) is 4.72 Å². The van der Waals surface area contributed by atoms with Crippen molar-refractivity contribution in [2.24, 2.45) is 0 Å². The molecule has 0 radical (unpaired) electrons. The van der Waals surface area contributed by atoms with E-state index in [9.17, 15) is 13.2 Å². The van der Waals surface area contributed by atoms with Crippen molar-refractivity contribution >= 4 is 43.3 Å². The minimum Gasteiger partial charge on any atom is -0.465 e. The van der Waals surface area contributed by atoms with Gasteiger partial charge in [0.25, 0.3) is 10.0 Å². The average Bonchev–Trinajstić information content (AvgIpc) is 2.63. The number of nitrogens with one attached hydrogen (secondary N) is 1. The lowest BCUT2D eigenvalue weighted by atomic mass is 10.7. The first-order valence-corrected chi connectivity index (χ1v) is 7.45. The van der Waals surface area contributed by atoms with Crippen molar-refractivity contribution in [2.75, 3.05) is 13.2 Å². The number of thiophene rings is 1. The summed E-state index contributed by atoms with van der Waals surface area (Å²) in [5, 5.41) is 0. The van der Waals surface area contributed by atoms with Crippen molar-refractivity contribution in [3.63, 3.8) is 0 Å². The smallest absolute Gasteiger partial charge is 0.321 e. The standard InChI is InChI=1S/C8H10BrNO4S2/c1-2-14-7(11)5-10-16(12,13)8-4-3-6(9)15-8/h3-4,10H,2,5H2,1H3. The monoisotopic (exact) mass is 327 g/mol. The van der Waals surface area contributed by atoms with Gasteiger partial charge in [0, 0.05) is 0 Å². The molecule has 0 aliphatic carbocycles. The van der Waals surface area contributed by atoms with Gasteiger partial charge in [-0.1, -0.05) is 0 Å². The van der Waals surface area contributed by atoms with Gasteiger partial charge in [0.1, 0.15) is 10.8 Å². The highest BCUT2D eigenvalue weighted by molar-refractivity contribution is 9.11. The highest BCUT2D eigenvalue weighted by Crippen LogP contribution is 2.25. The van der Waals surface area contributed by atoms with Gasteiger partial charge in [-0.05, 0) is 35.0 Å². The van der Waals surface area contributed by atoms with Crippen LogP contribution in [0.2, 0.25) is 0 Å². The summed E-state index contributed by atoms with van der Waals surface area (Å²) in [4.78, 5) is 11.0. The number of carbonyl (C=O) groups excluding carboxylic acids is 1. The quantitative estimate of drug-likeness (QED) is 0.828. The molecule has 8 heteroatoms. The van der Waals surface area contributed by atoms with E-state index in [1.54, 1.807) is 13.0 Å². The molecule has 0 unspecified atom stereocenters. The average molecular weight is 328 g/mol. The lowest BCUT2D eigenvalue weighted by Crippen LogP contribution is -2.30. The molecule has 0 amide bonds. The molecule has 0 bridgehead atoms. The number of carbonyl (C=O) groups is 1. The van der Waals surface area contributed by atoms with Gasteiger partial charge in [-0.15, -0.1) is 11.3 Å². The Morgan fingerprint density at radius 2 is 2.25 bits per heavy atom. The van der Waals surface area contributed by atoms with E-state index in [1.807, 2.05) is 0 Å². The van der Waals surface area contributed by atoms with E-state index in [0.29, 0.717) is 3.79 Å². The molecule has 0 atom stereocenters. The largest absolute Gasteiger partial charge is 0.465 e. The van der Waals surface area contributed by atoms with E-state index in [1.165, 1.54) is 6.07 Å². The molecule has 1 aromatic rings. The summed E-state index contributed by atoms with van der Waals surface area (Å²) in [5.41, 5.74) is 0. The van der Waals surface area contributed by atoms with Gasteiger partial charge in [0.15, 0.2) is 0 Å². The molecule has 1 rings (SSSR count). The van der Waals surface area contributed by atoms with Crippen LogP contribution in [-0.2, 0) is 19.6 Å². The number of esters is 1. The Hall–Kier alpha value is -0.440. The van der Waals surface area contributed by atoms with Crippen LogP contribution in [0.4, 0.5) is 0 Å². The molecule has 1 heterocycles. The number of hydrogen-bond donors (Lipinski definition) is 1. The lowest BCUT2D eigenvalue weighted by molar-refractivity contribution is -0.141. The molecule has 0 aliphatic rings. The van der Waals surface area contributed by atoms with E-state index < -0.39 is 16.0 Å². The Kier molecular flexibility index (Phi) is 4.90. The van der Waals surface area contributed by atoms with Gasteiger partial charge in [0.05, 0.1) is 10.4 Å². The molecule has 0 aromatic carbocycles. The number of rotatable bonds is 5. The molecule has 0 saturated heterocycles. The van der Waals surface area contributed by atoms with Crippen molar-refractivity contribution in [1.29, 1.82) is 0 Å². The molecule has 1 N–H and O–H groups in total. The van der Waals surface area contributed by atoms with Crippen LogP contribution in [0, 0.1) is 0 Å². The Morgan fingerprint density at radius 3 is 2.75 bits per heavy atom. The van der Waals surface area contributed by atoms with Gasteiger partial charge < -0.3 is 4.74 Å². The summed E-state index contributed by atoms with van der Waals surface area (Å²) in [5.74, 6) is -0.596. The fourth-order valence-corrected chi connectivity index (χ4v) is 3.90. The number of sulfonamides is 1. The van der Waals surface area contributed by atoms with Crippen molar-refractivity contribution in [3.05, 3.63) is 15.9 Å². The lowest BCUT2D eigenvalue weighted by Gasteiger charge is -2.03. The van der Waals surface area contributed by atoms with Gasteiger partial charge in [0.2, 0.25) is 0 Å². The van der Waals surface area contributed by atoms with E-state index in [2.05, 4.69) is 25.4 Å². The fraction of sp³-hybridized carbons (Fsp3) is 0.375. The topological polar surface area (TPSA) is 72.5 Å². The Bertz CT molecular complexity index is 468. The molecule has 16 heavy (non-hydrogen) atoms. The van der Waals surface area contributed by atoms with Crippen LogP contribution >= 0.6 is 27.3 Å². The first kappa shape index (κ1) is 13.6. The number of halogens is 1. The minimum absolute atomic E-state index is 0.156. The Labute approximate surface area is 106 Å². The molecule has 0 aliphatic heterocycles. The van der Waals surface area contributed by atoms with Gasteiger partial charge in [-0.25, -0.2) is 8.42 Å².